The van der Waals surface area contributed by atoms with Gasteiger partial charge in [-0.25, -0.2) is 0 Å². The van der Waals surface area contributed by atoms with Crippen molar-refractivity contribution in [2.45, 2.75) is 63.6 Å². The smallest absolute Gasteiger partial charge is 0.228 e. The molecule has 4 nitrogen and oxygen atoms in total. The van der Waals surface area contributed by atoms with E-state index in [-0.39, 0.29) is 11.6 Å². The number of halogens is 2. The Hall–Kier alpha value is -0.810. The van der Waals surface area contributed by atoms with Crippen LogP contribution >= 0.6 is 23.2 Å². The van der Waals surface area contributed by atoms with Crippen LogP contribution in [-0.2, 0) is 11.2 Å². The van der Waals surface area contributed by atoms with Crippen molar-refractivity contribution in [3.63, 3.8) is 0 Å². The molecule has 2 saturated heterocycles. The van der Waals surface area contributed by atoms with Gasteiger partial charge in [0.15, 0.2) is 0 Å². The molecule has 0 radical (unpaired) electrons. The van der Waals surface area contributed by atoms with Crippen LogP contribution in [0.4, 0.5) is 0 Å². The summed E-state index contributed by atoms with van der Waals surface area (Å²) in [6, 6.07) is 5.37. The molecule has 1 aromatic carbocycles. The van der Waals surface area contributed by atoms with Gasteiger partial charge in [0.25, 0.3) is 0 Å². The topological polar surface area (TPSA) is 43.8 Å². The fourth-order valence-electron chi connectivity index (χ4n) is 4.38. The second kappa shape index (κ2) is 7.67. The van der Waals surface area contributed by atoms with Crippen molar-refractivity contribution in [2.24, 2.45) is 0 Å². The lowest BCUT2D eigenvalue weighted by Gasteiger charge is -2.54. The van der Waals surface area contributed by atoms with E-state index in [0.29, 0.717) is 23.0 Å². The van der Waals surface area contributed by atoms with Crippen molar-refractivity contribution in [1.29, 1.82) is 0 Å². The maximum Gasteiger partial charge on any atom is 0.228 e. The Bertz CT molecular complexity index is 680. The zero-order valence-corrected chi connectivity index (χ0v) is 17.1. The predicted octanol–water partition coefficient (Wildman–Crippen LogP) is 4.11. The molecule has 3 rings (SSSR count). The van der Waals surface area contributed by atoms with Crippen molar-refractivity contribution < 1.29 is 9.90 Å². The van der Waals surface area contributed by atoms with Crippen molar-refractivity contribution in [1.82, 2.24) is 9.80 Å². The number of rotatable bonds is 3. The Labute approximate surface area is 166 Å². The summed E-state index contributed by atoms with van der Waals surface area (Å²) in [6.07, 6.45) is 5.15. The zero-order valence-electron chi connectivity index (χ0n) is 15.6. The first-order valence-corrected chi connectivity index (χ1v) is 10.2. The first kappa shape index (κ1) is 19.9. The molecule has 2 aliphatic rings. The number of nitrogens with zero attached hydrogens (tertiary/aromatic N) is 2. The molecule has 144 valence electrons. The van der Waals surface area contributed by atoms with Gasteiger partial charge < -0.3 is 10.0 Å². The highest BCUT2D eigenvalue weighted by Gasteiger charge is 2.45. The van der Waals surface area contributed by atoms with Crippen LogP contribution in [0.5, 0.6) is 0 Å². The van der Waals surface area contributed by atoms with Crippen LogP contribution in [0.2, 0.25) is 10.0 Å². The summed E-state index contributed by atoms with van der Waals surface area (Å²) < 4.78 is 0. The minimum Gasteiger partial charge on any atom is -0.389 e. The summed E-state index contributed by atoms with van der Waals surface area (Å²) in [5, 5.41) is 11.5. The highest BCUT2D eigenvalue weighted by atomic mass is 35.5. The molecule has 0 spiro atoms. The SMILES string of the molecule is CC1(O)CCCN(C2(C)CCCCN2C(=O)Cc2ccc(Cl)c(Cl)c2)C1. The predicted molar refractivity (Wildman–Crippen MR) is 106 cm³/mol. The van der Waals surface area contributed by atoms with Crippen LogP contribution in [0.3, 0.4) is 0 Å². The van der Waals surface area contributed by atoms with Gasteiger partial charge in [0.05, 0.1) is 27.7 Å². The standard InChI is InChI=1S/C20H28Cl2N2O2/c1-19(26)8-5-10-23(14-19)20(2)9-3-4-11-24(20)18(25)13-15-6-7-16(21)17(22)12-15/h6-7,12,26H,3-5,8-11,13-14H2,1-2H3. The molecule has 1 N–H and O–H groups in total. The fourth-order valence-corrected chi connectivity index (χ4v) is 4.70. The Morgan fingerprint density at radius 1 is 1.12 bits per heavy atom. The Kier molecular flexibility index (Phi) is 5.88. The van der Waals surface area contributed by atoms with E-state index in [2.05, 4.69) is 11.8 Å². The summed E-state index contributed by atoms with van der Waals surface area (Å²) in [4.78, 5) is 17.5. The quantitative estimate of drug-likeness (QED) is 0.832. The Balaban J connectivity index is 1.79. The number of carbonyl (C=O) groups is 1. The Morgan fingerprint density at radius 2 is 1.88 bits per heavy atom. The summed E-state index contributed by atoms with van der Waals surface area (Å²) in [5.41, 5.74) is -0.143. The van der Waals surface area contributed by atoms with Gasteiger partial charge >= 0.3 is 0 Å². The average molecular weight is 399 g/mol. The van der Waals surface area contributed by atoms with Gasteiger partial charge in [0, 0.05) is 19.6 Å². The van der Waals surface area contributed by atoms with Crippen molar-refractivity contribution in [3.8, 4) is 0 Å². The zero-order chi connectivity index (χ0) is 18.9. The van der Waals surface area contributed by atoms with Gasteiger partial charge in [-0.2, -0.15) is 0 Å². The molecule has 0 bridgehead atoms. The molecule has 2 atom stereocenters. The van der Waals surface area contributed by atoms with E-state index in [1.165, 1.54) is 0 Å². The highest BCUT2D eigenvalue weighted by molar-refractivity contribution is 6.42. The molecule has 26 heavy (non-hydrogen) atoms. The third-order valence-corrected chi connectivity index (χ3v) is 6.60. The molecule has 1 aromatic rings. The lowest BCUT2D eigenvalue weighted by Crippen LogP contribution is -2.66. The summed E-state index contributed by atoms with van der Waals surface area (Å²) in [7, 11) is 0. The molecule has 2 heterocycles. The van der Waals surface area contributed by atoms with Crippen LogP contribution in [0.1, 0.15) is 51.5 Å². The summed E-state index contributed by atoms with van der Waals surface area (Å²) in [5.74, 6) is 0.107. The van der Waals surface area contributed by atoms with Crippen LogP contribution in [-0.4, -0.2) is 51.7 Å². The highest BCUT2D eigenvalue weighted by Crippen LogP contribution is 2.36. The fraction of sp³-hybridized carbons (Fsp3) is 0.650. The van der Waals surface area contributed by atoms with Gasteiger partial charge in [0.2, 0.25) is 5.91 Å². The van der Waals surface area contributed by atoms with Gasteiger partial charge in [-0.05, 0) is 63.6 Å². The van der Waals surface area contributed by atoms with Gasteiger partial charge in [-0.3, -0.25) is 9.69 Å². The molecule has 0 aromatic heterocycles. The van der Waals surface area contributed by atoms with E-state index in [0.717, 1.165) is 50.8 Å². The second-order valence-electron chi connectivity index (χ2n) is 8.17. The number of likely N-dealkylation sites (tertiary alicyclic amines) is 2. The lowest BCUT2D eigenvalue weighted by molar-refractivity contribution is -0.160. The molecular weight excluding hydrogens is 371 g/mol. The molecule has 2 fully saturated rings. The number of hydrogen-bond donors (Lipinski definition) is 1. The number of β-amino-alcohol motifs (C(OH)–C–C–N with tert-alkyl or cyclic N) is 1. The van der Waals surface area contributed by atoms with E-state index < -0.39 is 5.60 Å². The normalized spacial score (nSPS) is 30.4. The van der Waals surface area contributed by atoms with Crippen LogP contribution in [0.15, 0.2) is 18.2 Å². The number of aliphatic hydroxyl groups is 1. The third-order valence-electron chi connectivity index (χ3n) is 5.86. The van der Waals surface area contributed by atoms with E-state index in [4.69, 9.17) is 23.2 Å². The van der Waals surface area contributed by atoms with Gasteiger partial charge in [0.1, 0.15) is 0 Å². The summed E-state index contributed by atoms with van der Waals surface area (Å²) >= 11 is 12.1. The number of amides is 1. The van der Waals surface area contributed by atoms with Crippen LogP contribution < -0.4 is 0 Å². The number of carbonyl (C=O) groups excluding carboxylic acids is 1. The van der Waals surface area contributed by atoms with Crippen molar-refractivity contribution in [3.05, 3.63) is 33.8 Å². The second-order valence-corrected chi connectivity index (χ2v) is 8.98. The minimum absolute atomic E-state index is 0.107. The van der Waals surface area contributed by atoms with Crippen molar-refractivity contribution >= 4 is 29.1 Å². The van der Waals surface area contributed by atoms with E-state index in [9.17, 15) is 9.90 Å². The molecule has 0 saturated carbocycles. The van der Waals surface area contributed by atoms with Crippen molar-refractivity contribution in [2.75, 3.05) is 19.6 Å². The first-order chi connectivity index (χ1) is 12.2. The largest absolute Gasteiger partial charge is 0.389 e. The maximum atomic E-state index is 13.1. The van der Waals surface area contributed by atoms with Gasteiger partial charge in [-0.15, -0.1) is 0 Å². The average Bonchev–Trinajstić information content (AvgIpc) is 2.57. The van der Waals surface area contributed by atoms with E-state index in [1.807, 2.05) is 17.9 Å². The van der Waals surface area contributed by atoms with Gasteiger partial charge in [-0.1, -0.05) is 29.3 Å². The first-order valence-electron chi connectivity index (χ1n) is 9.43. The molecule has 1 amide bonds. The minimum atomic E-state index is -0.683. The molecule has 2 aliphatic heterocycles. The molecule has 0 aliphatic carbocycles. The lowest BCUT2D eigenvalue weighted by atomic mass is 9.88. The number of piperidine rings is 2. The Morgan fingerprint density at radius 3 is 2.58 bits per heavy atom. The third kappa shape index (κ3) is 4.19. The number of benzene rings is 1. The van der Waals surface area contributed by atoms with Crippen LogP contribution in [0.25, 0.3) is 0 Å². The van der Waals surface area contributed by atoms with Crippen LogP contribution in [0, 0.1) is 0 Å². The molecule has 6 heteroatoms. The monoisotopic (exact) mass is 398 g/mol. The molecular formula is C20H28Cl2N2O2. The molecule has 2 unspecified atom stereocenters. The summed E-state index contributed by atoms with van der Waals surface area (Å²) in [6.45, 7) is 6.34. The van der Waals surface area contributed by atoms with E-state index in [1.54, 1.807) is 12.1 Å². The maximum absolute atomic E-state index is 13.1. The number of hydrogen-bond acceptors (Lipinski definition) is 3. The van der Waals surface area contributed by atoms with E-state index >= 15 is 0 Å².